The number of allylic oxidation sites excluding steroid dienone is 1. The van der Waals surface area contributed by atoms with Gasteiger partial charge in [-0.05, 0) is 50.1 Å². The molecule has 0 aliphatic carbocycles. The van der Waals surface area contributed by atoms with Gasteiger partial charge in [-0.15, -0.1) is 0 Å². The Kier molecular flexibility index (Phi) is 5.94. The number of halogens is 1. The summed E-state index contributed by atoms with van der Waals surface area (Å²) in [5.74, 6) is -0.478. The van der Waals surface area contributed by atoms with E-state index in [0.29, 0.717) is 25.6 Å². The van der Waals surface area contributed by atoms with Crippen molar-refractivity contribution in [2.75, 3.05) is 0 Å². The molecule has 1 aliphatic rings. The van der Waals surface area contributed by atoms with Gasteiger partial charge >= 0.3 is 5.97 Å². The molecule has 5 nitrogen and oxygen atoms in total. The number of carbonyl (C=O) groups is 1. The van der Waals surface area contributed by atoms with E-state index in [-0.39, 0.29) is 11.7 Å². The summed E-state index contributed by atoms with van der Waals surface area (Å²) in [5.41, 5.74) is 2.38. The van der Waals surface area contributed by atoms with Crippen molar-refractivity contribution in [1.29, 1.82) is 0 Å². The fourth-order valence-electron chi connectivity index (χ4n) is 3.52. The minimum atomic E-state index is -0.641. The van der Waals surface area contributed by atoms with Crippen LogP contribution in [-0.2, 0) is 9.53 Å². The van der Waals surface area contributed by atoms with Gasteiger partial charge in [0.1, 0.15) is 0 Å². The number of aromatic nitrogens is 1. The monoisotopic (exact) mass is 452 g/mol. The number of carbonyl (C=O) groups excluding carboxylic acids is 1. The Morgan fingerprint density at radius 1 is 1.16 bits per heavy atom. The predicted molar refractivity (Wildman–Crippen MR) is 123 cm³/mol. The maximum absolute atomic E-state index is 13.4. The molecule has 3 aromatic rings. The van der Waals surface area contributed by atoms with Gasteiger partial charge in [0.05, 0.1) is 27.9 Å². The Hall–Kier alpha value is -2.96. The Labute approximate surface area is 188 Å². The van der Waals surface area contributed by atoms with Crippen LogP contribution < -0.4 is 14.9 Å². The molecule has 0 radical (unpaired) electrons. The van der Waals surface area contributed by atoms with E-state index >= 15 is 0 Å². The molecule has 0 bridgehead atoms. The fourth-order valence-corrected chi connectivity index (χ4v) is 4.69. The number of rotatable bonds is 4. The summed E-state index contributed by atoms with van der Waals surface area (Å²) >= 11 is 7.38. The quantitative estimate of drug-likeness (QED) is 0.565. The lowest BCUT2D eigenvalue weighted by Crippen LogP contribution is -2.40. The standard InChI is InChI=1S/C24H21ClN2O3S/c1-14(2)30-23(29)20-15(3)26-24-27(21(20)17-9-11-18(25)12-10-17)22(28)19(31-24)13-16-7-5-4-6-8-16/h4-14,21H,1-3H3. The molecule has 0 fully saturated rings. The van der Waals surface area contributed by atoms with Crippen LogP contribution in [0, 0.1) is 0 Å². The third kappa shape index (κ3) is 4.27. The summed E-state index contributed by atoms with van der Waals surface area (Å²) in [7, 11) is 0. The van der Waals surface area contributed by atoms with E-state index in [1.165, 1.54) is 11.3 Å². The second-order valence-corrected chi connectivity index (χ2v) is 8.94. The molecule has 2 aromatic carbocycles. The molecule has 1 aromatic heterocycles. The van der Waals surface area contributed by atoms with E-state index in [1.54, 1.807) is 37.5 Å². The van der Waals surface area contributed by atoms with Crippen LogP contribution in [0.1, 0.15) is 37.9 Å². The summed E-state index contributed by atoms with van der Waals surface area (Å²) < 4.78 is 7.62. The van der Waals surface area contributed by atoms with Crippen molar-refractivity contribution in [1.82, 2.24) is 4.57 Å². The van der Waals surface area contributed by atoms with E-state index in [2.05, 4.69) is 4.99 Å². The van der Waals surface area contributed by atoms with Crippen LogP contribution in [-0.4, -0.2) is 16.6 Å². The molecule has 0 saturated heterocycles. The number of nitrogens with zero attached hydrogens (tertiary/aromatic N) is 2. The number of hydrogen-bond acceptors (Lipinski definition) is 5. The third-order valence-electron chi connectivity index (χ3n) is 4.87. The van der Waals surface area contributed by atoms with Gasteiger partial charge in [0.15, 0.2) is 4.80 Å². The molecule has 1 aliphatic heterocycles. The van der Waals surface area contributed by atoms with Crippen molar-refractivity contribution in [2.45, 2.75) is 32.9 Å². The lowest BCUT2D eigenvalue weighted by atomic mass is 9.96. The molecule has 1 atom stereocenters. The SMILES string of the molecule is CC1=C(C(=O)OC(C)C)C(c2ccc(Cl)cc2)n2c(sc(=Cc3ccccc3)c2=O)=N1. The number of esters is 1. The summed E-state index contributed by atoms with van der Waals surface area (Å²) in [6, 6.07) is 16.1. The lowest BCUT2D eigenvalue weighted by Gasteiger charge is -2.25. The van der Waals surface area contributed by atoms with Crippen molar-refractivity contribution >= 4 is 35.0 Å². The van der Waals surface area contributed by atoms with Crippen molar-refractivity contribution in [3.05, 3.63) is 102 Å². The van der Waals surface area contributed by atoms with Gasteiger partial charge in [0, 0.05) is 5.02 Å². The minimum Gasteiger partial charge on any atom is -0.459 e. The van der Waals surface area contributed by atoms with E-state index < -0.39 is 12.0 Å². The first kappa shape index (κ1) is 21.3. The van der Waals surface area contributed by atoms with Gasteiger partial charge in [0.25, 0.3) is 5.56 Å². The van der Waals surface area contributed by atoms with E-state index in [9.17, 15) is 9.59 Å². The number of hydrogen-bond donors (Lipinski definition) is 0. The highest BCUT2D eigenvalue weighted by Crippen LogP contribution is 2.31. The molecular formula is C24H21ClN2O3S. The molecule has 0 N–H and O–H groups in total. The highest BCUT2D eigenvalue weighted by Gasteiger charge is 2.33. The Morgan fingerprint density at radius 2 is 1.84 bits per heavy atom. The van der Waals surface area contributed by atoms with Crippen LogP contribution in [0.15, 0.2) is 75.7 Å². The van der Waals surface area contributed by atoms with Crippen molar-refractivity contribution in [2.24, 2.45) is 4.99 Å². The molecule has 0 amide bonds. The first-order valence-electron chi connectivity index (χ1n) is 9.89. The number of ether oxygens (including phenoxy) is 1. The van der Waals surface area contributed by atoms with Gasteiger partial charge in [-0.1, -0.05) is 65.4 Å². The Bertz CT molecular complexity index is 1340. The first-order valence-corrected chi connectivity index (χ1v) is 11.1. The molecule has 0 saturated carbocycles. The Balaban J connectivity index is 1.95. The highest BCUT2D eigenvalue weighted by atomic mass is 35.5. The van der Waals surface area contributed by atoms with Gasteiger partial charge in [-0.25, -0.2) is 9.79 Å². The van der Waals surface area contributed by atoms with Gasteiger partial charge in [-0.3, -0.25) is 9.36 Å². The fraction of sp³-hybridized carbons (Fsp3) is 0.208. The molecular weight excluding hydrogens is 432 g/mol. The van der Waals surface area contributed by atoms with Gasteiger partial charge in [0.2, 0.25) is 0 Å². The summed E-state index contributed by atoms with van der Waals surface area (Å²) in [5, 5.41) is 0.576. The van der Waals surface area contributed by atoms with Crippen molar-refractivity contribution in [3.8, 4) is 0 Å². The second kappa shape index (κ2) is 8.65. The average Bonchev–Trinajstić information content (AvgIpc) is 3.02. The summed E-state index contributed by atoms with van der Waals surface area (Å²) in [6.45, 7) is 5.36. The second-order valence-electron chi connectivity index (χ2n) is 7.50. The largest absolute Gasteiger partial charge is 0.459 e. The predicted octanol–water partition coefficient (Wildman–Crippen LogP) is 3.84. The molecule has 1 unspecified atom stereocenters. The maximum atomic E-state index is 13.4. The summed E-state index contributed by atoms with van der Waals surface area (Å²) in [4.78, 5) is 31.6. The summed E-state index contributed by atoms with van der Waals surface area (Å²) in [6.07, 6.45) is 1.55. The molecule has 7 heteroatoms. The maximum Gasteiger partial charge on any atom is 0.338 e. The van der Waals surface area contributed by atoms with E-state index in [1.807, 2.05) is 48.5 Å². The topological polar surface area (TPSA) is 60.7 Å². The molecule has 2 heterocycles. The zero-order valence-corrected chi connectivity index (χ0v) is 18.9. The van der Waals surface area contributed by atoms with Crippen LogP contribution in [0.2, 0.25) is 5.02 Å². The van der Waals surface area contributed by atoms with E-state index in [0.717, 1.165) is 11.1 Å². The van der Waals surface area contributed by atoms with Crippen LogP contribution in [0.25, 0.3) is 6.08 Å². The van der Waals surface area contributed by atoms with E-state index in [4.69, 9.17) is 16.3 Å². The van der Waals surface area contributed by atoms with Crippen LogP contribution in [0.4, 0.5) is 0 Å². The van der Waals surface area contributed by atoms with Crippen LogP contribution in [0.5, 0.6) is 0 Å². The number of benzene rings is 2. The zero-order valence-electron chi connectivity index (χ0n) is 17.3. The van der Waals surface area contributed by atoms with Crippen molar-refractivity contribution < 1.29 is 9.53 Å². The normalized spacial score (nSPS) is 16.3. The lowest BCUT2D eigenvalue weighted by molar-refractivity contribution is -0.143. The Morgan fingerprint density at radius 3 is 2.48 bits per heavy atom. The number of fused-ring (bicyclic) bond motifs is 1. The van der Waals surface area contributed by atoms with Crippen molar-refractivity contribution in [3.63, 3.8) is 0 Å². The van der Waals surface area contributed by atoms with Gasteiger partial charge < -0.3 is 4.74 Å². The first-order chi connectivity index (χ1) is 14.8. The minimum absolute atomic E-state index is 0.199. The highest BCUT2D eigenvalue weighted by molar-refractivity contribution is 7.07. The van der Waals surface area contributed by atoms with Crippen LogP contribution >= 0.6 is 22.9 Å². The number of thiazole rings is 1. The molecule has 158 valence electrons. The smallest absolute Gasteiger partial charge is 0.338 e. The molecule has 0 spiro atoms. The third-order valence-corrected chi connectivity index (χ3v) is 6.10. The molecule has 31 heavy (non-hydrogen) atoms. The molecule has 4 rings (SSSR count). The zero-order chi connectivity index (χ0) is 22.1. The van der Waals surface area contributed by atoms with Crippen LogP contribution in [0.3, 0.4) is 0 Å². The average molecular weight is 453 g/mol. The van der Waals surface area contributed by atoms with Gasteiger partial charge in [-0.2, -0.15) is 0 Å².